The van der Waals surface area contributed by atoms with E-state index in [-0.39, 0.29) is 53.1 Å². The van der Waals surface area contributed by atoms with E-state index in [1.54, 1.807) is 88.6 Å². The highest BCUT2D eigenvalue weighted by molar-refractivity contribution is 6.24. The summed E-state index contributed by atoms with van der Waals surface area (Å²) >= 11 is 0. The van der Waals surface area contributed by atoms with Crippen LogP contribution in [0.3, 0.4) is 0 Å². The number of Topliss-reactive ketones (excluding diaryl/α,β-unsaturated/α-hetero) is 1. The van der Waals surface area contributed by atoms with Crippen molar-refractivity contribution < 1.29 is 72.3 Å². The number of ether oxygens (including phenoxy) is 6. The molecule has 1 aliphatic carbocycles. The molecule has 0 bridgehead atoms. The van der Waals surface area contributed by atoms with Crippen LogP contribution in [-0.4, -0.2) is 122 Å². The van der Waals surface area contributed by atoms with Crippen molar-refractivity contribution in [2.45, 2.75) is 13.2 Å². The fraction of sp³-hybridized carbons (Fsp3) is 0.200. The Morgan fingerprint density at radius 2 is 0.978 bits per heavy atom. The predicted molar refractivity (Wildman–Crippen MR) is 341 cm³/mol. The molecule has 90 heavy (non-hydrogen) atoms. The van der Waals surface area contributed by atoms with Crippen molar-refractivity contribution in [1.29, 1.82) is 0 Å². The first-order chi connectivity index (χ1) is 43.2. The van der Waals surface area contributed by atoms with Gasteiger partial charge in [-0.3, -0.25) is 38.9 Å². The Labute approximate surface area is 514 Å². The molecule has 0 radical (unpaired) electrons. The van der Waals surface area contributed by atoms with Crippen molar-refractivity contribution in [3.8, 4) is 28.7 Å². The summed E-state index contributed by atoms with van der Waals surface area (Å²) in [5, 5.41) is 33.2. The van der Waals surface area contributed by atoms with E-state index >= 15 is 0 Å². The lowest BCUT2D eigenvalue weighted by molar-refractivity contribution is -0.383. The van der Waals surface area contributed by atoms with Crippen LogP contribution in [0.25, 0.3) is 54.5 Å². The maximum absolute atomic E-state index is 11.9. The third-order valence-electron chi connectivity index (χ3n) is 14.8. The number of nitrogen functional groups attached to an aromatic ring is 2. The lowest BCUT2D eigenvalue weighted by atomic mass is 9.97. The van der Waals surface area contributed by atoms with Crippen LogP contribution >= 0.6 is 0 Å². The van der Waals surface area contributed by atoms with Gasteiger partial charge in [0.15, 0.2) is 36.7 Å². The molecule has 6 aromatic heterocycles. The molecule has 0 amide bonds. The molecule has 25 heteroatoms. The summed E-state index contributed by atoms with van der Waals surface area (Å²) in [6, 6.07) is 22.0. The molecule has 0 fully saturated rings. The van der Waals surface area contributed by atoms with Crippen LogP contribution in [0.15, 0.2) is 122 Å². The van der Waals surface area contributed by atoms with Crippen molar-refractivity contribution in [2.24, 2.45) is 35.2 Å². The van der Waals surface area contributed by atoms with Gasteiger partial charge in [0.25, 0.3) is 0 Å². The van der Waals surface area contributed by atoms with Crippen LogP contribution in [0, 0.1) is 10.1 Å². The minimum atomic E-state index is -0.534. The van der Waals surface area contributed by atoms with Gasteiger partial charge in [-0.25, -0.2) is 0 Å². The number of nitrogens with zero attached hydrogens (tertiary/aromatic N) is 6. The number of nitro groups is 1. The van der Waals surface area contributed by atoms with Crippen molar-refractivity contribution in [1.82, 2.24) is 27.8 Å². The van der Waals surface area contributed by atoms with E-state index in [2.05, 4.69) is 4.98 Å². The van der Waals surface area contributed by atoms with Gasteiger partial charge in [-0.1, -0.05) is 0 Å². The number of H-pyrrole nitrogens is 1. The molecule has 0 aliphatic heterocycles. The molecule has 11 aromatic rings. The van der Waals surface area contributed by atoms with Gasteiger partial charge in [0.2, 0.25) is 11.6 Å². The van der Waals surface area contributed by atoms with Gasteiger partial charge >= 0.3 is 5.69 Å². The minimum Gasteiger partial charge on any atom is -0.497 e. The number of aromatic nitrogens is 6. The van der Waals surface area contributed by atoms with Gasteiger partial charge in [-0.15, -0.1) is 0 Å². The number of aliphatic hydroxyl groups excluding tert-OH is 2. The molecule has 0 saturated heterocycles. The van der Waals surface area contributed by atoms with Crippen molar-refractivity contribution >= 4 is 108 Å². The SMILES string of the molecule is COC1=CC(=O)c2c(c(CO)cn2C)C1=O.COc1ccc2[nH]cc(C=O)c2c1.COc1ccc2c(c(C=O)cn2C)c1N.COc1ccc2c(c(C=O)cn2C)c1[N+](=O)[O-].COc1ccc2c(c(CO)cn2C)c1N.COc1ccc2c(c1)c(C=O)cn2C. The third kappa shape index (κ3) is 13.1. The minimum absolute atomic E-state index is 0.0124. The average Bonchev–Trinajstić information content (AvgIpc) is 1.84. The molecule has 25 nitrogen and oxygen atoms in total. The van der Waals surface area contributed by atoms with E-state index in [1.807, 2.05) is 102 Å². The number of aldehydes is 4. The van der Waals surface area contributed by atoms with Crippen LogP contribution < -0.4 is 35.2 Å². The van der Waals surface area contributed by atoms with Gasteiger partial charge in [-0.05, 0) is 72.8 Å². The number of benzene rings is 5. The Morgan fingerprint density at radius 1 is 0.522 bits per heavy atom. The quantitative estimate of drug-likeness (QED) is 0.0311. The first kappa shape index (κ1) is 66.1. The number of carbonyl (C=O) groups excluding carboxylic acids is 6. The van der Waals surface area contributed by atoms with Crippen LogP contribution in [0.2, 0.25) is 0 Å². The number of carbonyl (C=O) groups is 6. The number of ketones is 2. The average molecular weight is 1230 g/mol. The number of aryl methyl sites for hydroxylation is 5. The first-order valence-electron chi connectivity index (χ1n) is 27.1. The first-order valence-corrected chi connectivity index (χ1v) is 27.1. The molecule has 7 N–H and O–H groups in total. The zero-order valence-corrected chi connectivity index (χ0v) is 51.1. The second kappa shape index (κ2) is 28.8. The molecular weight excluding hydrogens is 1160 g/mol. The molecule has 5 aromatic carbocycles. The number of hydrogen-bond acceptors (Lipinski definition) is 18. The normalized spacial score (nSPS) is 11.3. The monoisotopic (exact) mass is 1230 g/mol. The van der Waals surface area contributed by atoms with Crippen molar-refractivity contribution in [2.75, 3.05) is 54.1 Å². The highest BCUT2D eigenvalue weighted by Crippen LogP contribution is 2.38. The van der Waals surface area contributed by atoms with Crippen LogP contribution in [0.5, 0.6) is 28.7 Å². The lowest BCUT2D eigenvalue weighted by Gasteiger charge is -2.12. The Hall–Kier alpha value is -11.4. The maximum atomic E-state index is 11.9. The zero-order valence-electron chi connectivity index (χ0n) is 51.1. The fourth-order valence-corrected chi connectivity index (χ4v) is 10.5. The third-order valence-corrected chi connectivity index (χ3v) is 14.8. The Balaban J connectivity index is 0.000000154. The highest BCUT2D eigenvalue weighted by Gasteiger charge is 2.32. The molecule has 12 rings (SSSR count). The largest absolute Gasteiger partial charge is 0.497 e. The number of nitrogens with one attached hydrogen (secondary N) is 1. The maximum Gasteiger partial charge on any atom is 0.320 e. The fourth-order valence-electron chi connectivity index (χ4n) is 10.5. The number of rotatable bonds is 13. The number of allylic oxidation sites excluding steroid dienone is 2. The number of methoxy groups -OCH3 is 6. The van der Waals surface area contributed by atoms with Gasteiger partial charge in [0.1, 0.15) is 28.7 Å². The molecule has 468 valence electrons. The van der Waals surface area contributed by atoms with E-state index in [1.165, 1.54) is 26.4 Å². The number of nitro benzene ring substituents is 1. The number of fused-ring (bicyclic) bond motifs is 6. The molecule has 0 atom stereocenters. The van der Waals surface area contributed by atoms with Crippen LogP contribution in [-0.2, 0) is 53.2 Å². The second-order valence-corrected chi connectivity index (χ2v) is 20.0. The summed E-state index contributed by atoms with van der Waals surface area (Å²) in [4.78, 5) is 80.4. The van der Waals surface area contributed by atoms with E-state index in [9.17, 15) is 44.0 Å². The summed E-state index contributed by atoms with van der Waals surface area (Å²) in [5.74, 6) is 2.29. The number of aromatic amines is 1. The smallest absolute Gasteiger partial charge is 0.320 e. The van der Waals surface area contributed by atoms with Crippen molar-refractivity contribution in [3.05, 3.63) is 177 Å². The topological polar surface area (TPSA) is 334 Å². The predicted octanol–water partition coefficient (Wildman–Crippen LogP) is 9.17. The van der Waals surface area contributed by atoms with Crippen molar-refractivity contribution in [3.63, 3.8) is 0 Å². The number of hydrogen-bond donors (Lipinski definition) is 5. The Bertz CT molecular complexity index is 4570. The summed E-state index contributed by atoms with van der Waals surface area (Å²) in [6.07, 6.45) is 14.6. The van der Waals surface area contributed by atoms with E-state index in [0.717, 1.165) is 79.5 Å². The standard InChI is InChI=1S/C11H10N2O4.C11H14N2O2.C11H12N2O2.C11H11NO4.C11H11NO2.C10H9NO2/c1-12-5-7(6-14)10-8(12)3-4-9(17-2)11(10)13(15)16;2*1-13-5-7(6-14)10-8(13)3-4-9(15-2)11(10)12;1-12-4-6(5-13)9-10(12)7(14)3-8(16-2)11(9)15;1-12-6-8(7-13)10-5-9(14-2)3-4-11(10)12;1-13-8-2-3-10-9(4-8)7(6-12)5-11-10/h3-6H,1-2H3;3-5,14H,6,12H2,1-2H3;3-6H,12H2,1-2H3;3-4,13H,5H2,1-2H3;3-7H,1-2H3;2-6,11H,1H3. The number of nitrogens with two attached hydrogens (primary N) is 2. The van der Waals surface area contributed by atoms with E-state index in [4.69, 9.17) is 45.0 Å². The summed E-state index contributed by atoms with van der Waals surface area (Å²) < 4.78 is 39.2. The molecule has 1 aliphatic rings. The summed E-state index contributed by atoms with van der Waals surface area (Å²) in [6.45, 7) is -0.298. The summed E-state index contributed by atoms with van der Waals surface area (Å²) in [5.41, 5.74) is 21.4. The molecular formula is C65H67N9O16. The van der Waals surface area contributed by atoms with Gasteiger partial charge in [-0.2, -0.15) is 0 Å². The van der Waals surface area contributed by atoms with Crippen LogP contribution in [0.4, 0.5) is 17.1 Å². The molecule has 0 unspecified atom stereocenters. The molecule has 0 saturated carbocycles. The molecule has 0 spiro atoms. The summed E-state index contributed by atoms with van der Waals surface area (Å²) in [7, 11) is 18.2. The zero-order chi connectivity index (χ0) is 65.8. The second-order valence-electron chi connectivity index (χ2n) is 20.0. The number of anilines is 2. The van der Waals surface area contributed by atoms with Gasteiger partial charge in [0.05, 0.1) is 99.7 Å². The van der Waals surface area contributed by atoms with E-state index < -0.39 is 4.92 Å². The van der Waals surface area contributed by atoms with Crippen LogP contribution in [0.1, 0.15) is 73.4 Å². The molecule has 6 heterocycles. The Morgan fingerprint density at radius 3 is 1.50 bits per heavy atom. The lowest BCUT2D eigenvalue weighted by Crippen LogP contribution is -2.19. The number of aliphatic hydroxyl groups is 2. The Kier molecular flexibility index (Phi) is 21.2. The van der Waals surface area contributed by atoms with E-state index in [0.29, 0.717) is 68.0 Å². The van der Waals surface area contributed by atoms with Gasteiger partial charge in [0, 0.05) is 144 Å². The van der Waals surface area contributed by atoms with Gasteiger partial charge < -0.3 is 77.9 Å². The highest BCUT2D eigenvalue weighted by atomic mass is 16.6.